The lowest BCUT2D eigenvalue weighted by Gasteiger charge is -2.26. The summed E-state index contributed by atoms with van der Waals surface area (Å²) < 4.78 is 10.5. The zero-order valence-electron chi connectivity index (χ0n) is 14.4. The highest BCUT2D eigenvalue weighted by Gasteiger charge is 2.21. The molecule has 2 rings (SSSR count). The van der Waals surface area contributed by atoms with Gasteiger partial charge in [0.25, 0.3) is 0 Å². The first-order valence-electron chi connectivity index (χ1n) is 8.16. The predicted molar refractivity (Wildman–Crippen MR) is 89.3 cm³/mol. The van der Waals surface area contributed by atoms with Crippen molar-refractivity contribution in [2.75, 3.05) is 13.2 Å². The first-order chi connectivity index (χ1) is 11.2. The highest BCUT2D eigenvalue weighted by atomic mass is 16.6. The summed E-state index contributed by atoms with van der Waals surface area (Å²) in [4.78, 5) is 22.3. The summed E-state index contributed by atoms with van der Waals surface area (Å²) >= 11 is 0. The maximum absolute atomic E-state index is 11.7. The minimum absolute atomic E-state index is 0.333. The number of benzene rings is 1. The van der Waals surface area contributed by atoms with Crippen molar-refractivity contribution in [3.05, 3.63) is 29.3 Å². The zero-order chi connectivity index (χ0) is 17.7. The number of carbonyl (C=O) groups excluding carboxylic acids is 1. The highest BCUT2D eigenvalue weighted by molar-refractivity contribution is 5.68. The molecule has 0 aliphatic heterocycles. The SMILES string of the molecule is CC(C)(C)OC(=O)NC[C@@H]1CCc2ccc(OCC(=O)O)cc2C1. The second-order valence-electron chi connectivity index (χ2n) is 7.10. The van der Waals surface area contributed by atoms with E-state index in [0.29, 0.717) is 18.2 Å². The molecule has 6 heteroatoms. The van der Waals surface area contributed by atoms with Gasteiger partial charge in [0.05, 0.1) is 0 Å². The minimum atomic E-state index is -0.993. The third-order valence-corrected chi connectivity index (χ3v) is 3.80. The van der Waals surface area contributed by atoms with E-state index >= 15 is 0 Å². The molecule has 0 fully saturated rings. The molecule has 132 valence electrons. The fourth-order valence-corrected chi connectivity index (χ4v) is 2.76. The van der Waals surface area contributed by atoms with E-state index in [0.717, 1.165) is 24.8 Å². The molecule has 0 saturated heterocycles. The number of fused-ring (bicyclic) bond motifs is 1. The molecule has 0 radical (unpaired) electrons. The van der Waals surface area contributed by atoms with Crippen LogP contribution in [0.4, 0.5) is 4.79 Å². The number of nitrogens with one attached hydrogen (secondary N) is 1. The Morgan fingerprint density at radius 1 is 1.29 bits per heavy atom. The number of carbonyl (C=O) groups is 2. The Labute approximate surface area is 142 Å². The Morgan fingerprint density at radius 2 is 2.04 bits per heavy atom. The summed E-state index contributed by atoms with van der Waals surface area (Å²) in [5.41, 5.74) is 1.91. The largest absolute Gasteiger partial charge is 0.482 e. The first kappa shape index (κ1) is 18.1. The maximum atomic E-state index is 11.7. The Balaban J connectivity index is 1.89. The Hall–Kier alpha value is -2.24. The van der Waals surface area contributed by atoms with E-state index in [-0.39, 0.29) is 6.61 Å². The smallest absolute Gasteiger partial charge is 0.407 e. The van der Waals surface area contributed by atoms with Crippen LogP contribution in [0.2, 0.25) is 0 Å². The number of rotatable bonds is 5. The van der Waals surface area contributed by atoms with Crippen LogP contribution in [0.25, 0.3) is 0 Å². The summed E-state index contributed by atoms with van der Waals surface area (Å²) in [5, 5.41) is 11.5. The molecule has 1 aliphatic carbocycles. The summed E-state index contributed by atoms with van der Waals surface area (Å²) in [5.74, 6) is -0.0937. The number of carboxylic acid groups (broad SMARTS) is 1. The molecule has 24 heavy (non-hydrogen) atoms. The number of hydrogen-bond acceptors (Lipinski definition) is 4. The van der Waals surface area contributed by atoms with Crippen LogP contribution < -0.4 is 10.1 Å². The predicted octanol–water partition coefficient (Wildman–Crippen LogP) is 2.78. The standard InChI is InChI=1S/C18H25NO5/c1-18(2,3)24-17(22)19-10-12-4-5-13-6-7-15(9-14(13)8-12)23-11-16(20)21/h6-7,9,12H,4-5,8,10-11H2,1-3H3,(H,19,22)(H,20,21)/t12-/m1/s1. The Morgan fingerprint density at radius 3 is 2.71 bits per heavy atom. The van der Waals surface area contributed by atoms with Gasteiger partial charge in [-0.1, -0.05) is 6.07 Å². The molecule has 1 aromatic carbocycles. The second kappa shape index (κ2) is 7.55. The number of alkyl carbamates (subject to hydrolysis) is 1. The number of amides is 1. The van der Waals surface area contributed by atoms with Crippen molar-refractivity contribution in [1.82, 2.24) is 5.32 Å². The van der Waals surface area contributed by atoms with E-state index in [4.69, 9.17) is 14.6 Å². The molecular formula is C18H25NO5. The van der Waals surface area contributed by atoms with Gasteiger partial charge in [-0.15, -0.1) is 0 Å². The minimum Gasteiger partial charge on any atom is -0.482 e. The number of hydrogen-bond donors (Lipinski definition) is 2. The molecule has 0 heterocycles. The monoisotopic (exact) mass is 335 g/mol. The van der Waals surface area contributed by atoms with Crippen LogP contribution in [0.5, 0.6) is 5.75 Å². The van der Waals surface area contributed by atoms with Crippen molar-refractivity contribution in [3.8, 4) is 5.75 Å². The molecule has 0 aromatic heterocycles. The number of carboxylic acids is 1. The molecule has 2 N–H and O–H groups in total. The number of ether oxygens (including phenoxy) is 2. The Kier molecular flexibility index (Phi) is 5.70. The summed E-state index contributed by atoms with van der Waals surface area (Å²) in [7, 11) is 0. The van der Waals surface area contributed by atoms with Crippen LogP contribution >= 0.6 is 0 Å². The summed E-state index contributed by atoms with van der Waals surface area (Å²) in [6, 6.07) is 5.70. The van der Waals surface area contributed by atoms with Gasteiger partial charge in [0.2, 0.25) is 0 Å². The lowest BCUT2D eigenvalue weighted by atomic mass is 9.84. The quantitative estimate of drug-likeness (QED) is 0.864. The van der Waals surface area contributed by atoms with Crippen LogP contribution in [-0.2, 0) is 22.4 Å². The topological polar surface area (TPSA) is 84.9 Å². The normalized spacial score (nSPS) is 16.9. The average Bonchev–Trinajstić information content (AvgIpc) is 2.48. The van der Waals surface area contributed by atoms with Crippen LogP contribution in [0, 0.1) is 5.92 Å². The van der Waals surface area contributed by atoms with Gasteiger partial charge in [-0.05, 0) is 69.2 Å². The average molecular weight is 335 g/mol. The van der Waals surface area contributed by atoms with Crippen molar-refractivity contribution < 1.29 is 24.2 Å². The lowest BCUT2D eigenvalue weighted by molar-refractivity contribution is -0.139. The van der Waals surface area contributed by atoms with E-state index in [1.165, 1.54) is 5.56 Å². The fourth-order valence-electron chi connectivity index (χ4n) is 2.76. The van der Waals surface area contributed by atoms with Crippen molar-refractivity contribution in [2.24, 2.45) is 5.92 Å². The fraction of sp³-hybridized carbons (Fsp3) is 0.556. The van der Waals surface area contributed by atoms with Crippen molar-refractivity contribution in [1.29, 1.82) is 0 Å². The van der Waals surface area contributed by atoms with Crippen molar-refractivity contribution in [3.63, 3.8) is 0 Å². The van der Waals surface area contributed by atoms with Gasteiger partial charge in [-0.2, -0.15) is 0 Å². The van der Waals surface area contributed by atoms with E-state index in [1.807, 2.05) is 32.9 Å². The first-order valence-corrected chi connectivity index (χ1v) is 8.16. The highest BCUT2D eigenvalue weighted by Crippen LogP contribution is 2.28. The van der Waals surface area contributed by atoms with Crippen molar-refractivity contribution in [2.45, 2.75) is 45.6 Å². The van der Waals surface area contributed by atoms with E-state index in [2.05, 4.69) is 5.32 Å². The number of aliphatic carboxylic acids is 1. The molecule has 0 unspecified atom stereocenters. The van der Waals surface area contributed by atoms with E-state index in [9.17, 15) is 9.59 Å². The number of aryl methyl sites for hydroxylation is 1. The van der Waals surface area contributed by atoms with Gasteiger partial charge in [0.1, 0.15) is 11.4 Å². The summed E-state index contributed by atoms with van der Waals surface area (Å²) in [6.45, 7) is 5.73. The molecule has 6 nitrogen and oxygen atoms in total. The van der Waals surface area contributed by atoms with Gasteiger partial charge in [0, 0.05) is 6.54 Å². The van der Waals surface area contributed by atoms with Crippen LogP contribution in [0.1, 0.15) is 38.3 Å². The molecule has 1 aromatic rings. The van der Waals surface area contributed by atoms with E-state index < -0.39 is 17.7 Å². The molecule has 1 atom stereocenters. The molecule has 1 amide bonds. The van der Waals surface area contributed by atoms with Gasteiger partial charge in [-0.25, -0.2) is 9.59 Å². The molecule has 0 spiro atoms. The van der Waals surface area contributed by atoms with Crippen LogP contribution in [0.3, 0.4) is 0 Å². The van der Waals surface area contributed by atoms with Gasteiger partial charge in [0.15, 0.2) is 6.61 Å². The lowest BCUT2D eigenvalue weighted by Crippen LogP contribution is -2.36. The third kappa shape index (κ3) is 5.76. The van der Waals surface area contributed by atoms with Crippen LogP contribution in [0.15, 0.2) is 18.2 Å². The molecule has 0 saturated carbocycles. The molecular weight excluding hydrogens is 310 g/mol. The second-order valence-corrected chi connectivity index (χ2v) is 7.10. The van der Waals surface area contributed by atoms with Crippen molar-refractivity contribution >= 4 is 12.1 Å². The maximum Gasteiger partial charge on any atom is 0.407 e. The molecule has 0 bridgehead atoms. The molecule has 1 aliphatic rings. The van der Waals surface area contributed by atoms with Crippen LogP contribution in [-0.4, -0.2) is 35.9 Å². The zero-order valence-corrected chi connectivity index (χ0v) is 14.4. The Bertz CT molecular complexity index is 606. The van der Waals surface area contributed by atoms with Gasteiger partial charge >= 0.3 is 12.1 Å². The summed E-state index contributed by atoms with van der Waals surface area (Å²) in [6.07, 6.45) is 2.37. The van der Waals surface area contributed by atoms with Gasteiger partial charge in [-0.3, -0.25) is 0 Å². The third-order valence-electron chi connectivity index (χ3n) is 3.80. The van der Waals surface area contributed by atoms with Gasteiger partial charge < -0.3 is 19.9 Å². The van der Waals surface area contributed by atoms with E-state index in [1.54, 1.807) is 6.07 Å².